The Hall–Kier alpha value is -1.40. The lowest BCUT2D eigenvalue weighted by Gasteiger charge is -2.09. The van der Waals surface area contributed by atoms with Crippen LogP contribution in [0.3, 0.4) is 0 Å². The van der Waals surface area contributed by atoms with Gasteiger partial charge < -0.3 is 11.1 Å². The summed E-state index contributed by atoms with van der Waals surface area (Å²) < 4.78 is 1.55. The molecule has 0 aliphatic rings. The van der Waals surface area contributed by atoms with E-state index >= 15 is 0 Å². The van der Waals surface area contributed by atoms with Crippen LogP contribution in [0, 0.1) is 0 Å². The molecule has 0 aliphatic heterocycles. The van der Waals surface area contributed by atoms with E-state index in [-0.39, 0.29) is 5.91 Å². The van der Waals surface area contributed by atoms with Gasteiger partial charge in [0.2, 0.25) is 0 Å². The fraction of sp³-hybridized carbons (Fsp3) is 0. The predicted octanol–water partition coefficient (Wildman–Crippen LogP) is 3.44. The lowest BCUT2D eigenvalue weighted by Crippen LogP contribution is -2.14. The van der Waals surface area contributed by atoms with E-state index in [1.165, 1.54) is 6.20 Å². The highest BCUT2D eigenvalue weighted by Gasteiger charge is 2.11. The number of hydrogen-bond donors (Lipinski definition) is 2. The maximum absolute atomic E-state index is 12.1. The molecular formula is C12H9Br2N3O. The Morgan fingerprint density at radius 2 is 2.06 bits per heavy atom. The molecule has 2 rings (SSSR count). The number of rotatable bonds is 2. The largest absolute Gasteiger partial charge is 0.396 e. The third-order valence-electron chi connectivity index (χ3n) is 2.27. The molecule has 0 radical (unpaired) electrons. The van der Waals surface area contributed by atoms with Gasteiger partial charge in [-0.15, -0.1) is 0 Å². The van der Waals surface area contributed by atoms with Gasteiger partial charge in [0.25, 0.3) is 5.91 Å². The SMILES string of the molecule is Nc1cnccc1NC(=O)c1cc(Br)ccc1Br. The molecule has 3 N–H and O–H groups in total. The Labute approximate surface area is 121 Å². The smallest absolute Gasteiger partial charge is 0.256 e. The van der Waals surface area contributed by atoms with Gasteiger partial charge in [0.1, 0.15) is 0 Å². The Kier molecular flexibility index (Phi) is 3.98. The second-order valence-electron chi connectivity index (χ2n) is 3.54. The lowest BCUT2D eigenvalue weighted by molar-refractivity contribution is 0.102. The number of amides is 1. The molecule has 0 atom stereocenters. The minimum absolute atomic E-state index is 0.235. The number of benzene rings is 1. The number of carbonyl (C=O) groups excluding carboxylic acids is 1. The molecule has 1 heterocycles. The van der Waals surface area contributed by atoms with Crippen molar-refractivity contribution in [1.82, 2.24) is 4.98 Å². The first-order chi connectivity index (χ1) is 8.58. The van der Waals surface area contributed by atoms with E-state index in [1.807, 2.05) is 6.07 Å². The van der Waals surface area contributed by atoms with Crippen molar-refractivity contribution in [3.05, 3.63) is 51.2 Å². The summed E-state index contributed by atoms with van der Waals surface area (Å²) in [6, 6.07) is 7.03. The predicted molar refractivity (Wildman–Crippen MR) is 78.4 cm³/mol. The van der Waals surface area contributed by atoms with Crippen LogP contribution in [0.1, 0.15) is 10.4 Å². The Morgan fingerprint density at radius 1 is 1.28 bits per heavy atom. The van der Waals surface area contributed by atoms with Crippen LogP contribution in [-0.4, -0.2) is 10.9 Å². The average Bonchev–Trinajstić information content (AvgIpc) is 2.35. The van der Waals surface area contributed by atoms with Crippen molar-refractivity contribution in [2.45, 2.75) is 0 Å². The highest BCUT2D eigenvalue weighted by Crippen LogP contribution is 2.23. The number of hydrogen-bond acceptors (Lipinski definition) is 3. The van der Waals surface area contributed by atoms with Crippen LogP contribution in [0.25, 0.3) is 0 Å². The zero-order valence-electron chi connectivity index (χ0n) is 9.15. The van der Waals surface area contributed by atoms with Gasteiger partial charge in [-0.3, -0.25) is 9.78 Å². The lowest BCUT2D eigenvalue weighted by atomic mass is 10.2. The molecule has 6 heteroatoms. The molecule has 1 aromatic carbocycles. The number of halogens is 2. The molecule has 18 heavy (non-hydrogen) atoms. The van der Waals surface area contributed by atoms with Gasteiger partial charge >= 0.3 is 0 Å². The number of nitrogens with two attached hydrogens (primary N) is 1. The number of pyridine rings is 1. The number of carbonyl (C=O) groups is 1. The first kappa shape index (κ1) is 13.0. The number of nitrogens with zero attached hydrogens (tertiary/aromatic N) is 1. The van der Waals surface area contributed by atoms with E-state index in [0.29, 0.717) is 16.9 Å². The molecule has 1 aromatic heterocycles. The van der Waals surface area contributed by atoms with E-state index in [2.05, 4.69) is 42.2 Å². The number of nitrogen functional groups attached to an aromatic ring is 1. The normalized spacial score (nSPS) is 10.1. The number of nitrogens with one attached hydrogen (secondary N) is 1. The molecular weight excluding hydrogens is 362 g/mol. The molecule has 0 saturated carbocycles. The van der Waals surface area contributed by atoms with E-state index in [0.717, 1.165) is 8.95 Å². The van der Waals surface area contributed by atoms with Crippen LogP contribution in [-0.2, 0) is 0 Å². The van der Waals surface area contributed by atoms with Crippen LogP contribution in [0.2, 0.25) is 0 Å². The minimum Gasteiger partial charge on any atom is -0.396 e. The van der Waals surface area contributed by atoms with Crippen LogP contribution in [0.5, 0.6) is 0 Å². The zero-order chi connectivity index (χ0) is 13.1. The van der Waals surface area contributed by atoms with Gasteiger partial charge in [-0.2, -0.15) is 0 Å². The van der Waals surface area contributed by atoms with Gasteiger partial charge in [-0.25, -0.2) is 0 Å². The van der Waals surface area contributed by atoms with Gasteiger partial charge in [0.05, 0.1) is 23.1 Å². The first-order valence-electron chi connectivity index (χ1n) is 5.04. The molecule has 0 bridgehead atoms. The molecule has 0 unspecified atom stereocenters. The molecule has 0 spiro atoms. The summed E-state index contributed by atoms with van der Waals surface area (Å²) in [4.78, 5) is 16.0. The van der Waals surface area contributed by atoms with Crippen LogP contribution in [0.4, 0.5) is 11.4 Å². The summed E-state index contributed by atoms with van der Waals surface area (Å²) in [5.74, 6) is -0.235. The summed E-state index contributed by atoms with van der Waals surface area (Å²) in [5, 5.41) is 2.74. The van der Waals surface area contributed by atoms with Crippen molar-refractivity contribution in [3.8, 4) is 0 Å². The molecule has 4 nitrogen and oxygen atoms in total. The van der Waals surface area contributed by atoms with Crippen molar-refractivity contribution >= 4 is 49.1 Å². The first-order valence-corrected chi connectivity index (χ1v) is 6.62. The average molecular weight is 371 g/mol. The highest BCUT2D eigenvalue weighted by molar-refractivity contribution is 9.11. The van der Waals surface area contributed by atoms with E-state index in [9.17, 15) is 4.79 Å². The number of aromatic nitrogens is 1. The van der Waals surface area contributed by atoms with Crippen LogP contribution < -0.4 is 11.1 Å². The van der Waals surface area contributed by atoms with Crippen molar-refractivity contribution in [2.75, 3.05) is 11.1 Å². The Morgan fingerprint density at radius 3 is 2.78 bits per heavy atom. The van der Waals surface area contributed by atoms with E-state index < -0.39 is 0 Å². The third kappa shape index (κ3) is 2.88. The molecule has 1 amide bonds. The van der Waals surface area contributed by atoms with Crippen LogP contribution in [0.15, 0.2) is 45.6 Å². The fourth-order valence-corrected chi connectivity index (χ4v) is 2.17. The van der Waals surface area contributed by atoms with Gasteiger partial charge in [-0.05, 0) is 40.2 Å². The zero-order valence-corrected chi connectivity index (χ0v) is 12.3. The van der Waals surface area contributed by atoms with Crippen LogP contribution >= 0.6 is 31.9 Å². The molecule has 2 aromatic rings. The number of anilines is 2. The molecule has 0 fully saturated rings. The van der Waals surface area contributed by atoms with Gasteiger partial charge in [-0.1, -0.05) is 15.9 Å². The quantitative estimate of drug-likeness (QED) is 0.850. The van der Waals surface area contributed by atoms with Gasteiger partial charge in [0, 0.05) is 15.1 Å². The van der Waals surface area contributed by atoms with Crippen molar-refractivity contribution in [1.29, 1.82) is 0 Å². The Balaban J connectivity index is 2.28. The molecule has 92 valence electrons. The summed E-state index contributed by atoms with van der Waals surface area (Å²) in [6.45, 7) is 0. The maximum Gasteiger partial charge on any atom is 0.256 e. The monoisotopic (exact) mass is 369 g/mol. The fourth-order valence-electron chi connectivity index (χ4n) is 1.38. The van der Waals surface area contributed by atoms with E-state index in [1.54, 1.807) is 24.4 Å². The van der Waals surface area contributed by atoms with E-state index in [4.69, 9.17) is 5.73 Å². The molecule has 0 aliphatic carbocycles. The second-order valence-corrected chi connectivity index (χ2v) is 5.31. The van der Waals surface area contributed by atoms with Crippen molar-refractivity contribution in [2.24, 2.45) is 0 Å². The summed E-state index contributed by atoms with van der Waals surface area (Å²) in [6.07, 6.45) is 3.06. The highest BCUT2D eigenvalue weighted by atomic mass is 79.9. The van der Waals surface area contributed by atoms with Crippen molar-refractivity contribution in [3.63, 3.8) is 0 Å². The Bertz CT molecular complexity index is 602. The van der Waals surface area contributed by atoms with Gasteiger partial charge in [0.15, 0.2) is 0 Å². The van der Waals surface area contributed by atoms with Crippen molar-refractivity contribution < 1.29 is 4.79 Å². The minimum atomic E-state index is -0.235. The standard InChI is InChI=1S/C12H9Br2N3O/c13-7-1-2-9(14)8(5-7)12(18)17-11-3-4-16-6-10(11)15/h1-6H,15H2,(H,16,17,18). The summed E-state index contributed by atoms with van der Waals surface area (Å²) in [7, 11) is 0. The second kappa shape index (κ2) is 5.49. The molecule has 0 saturated heterocycles. The summed E-state index contributed by atoms with van der Waals surface area (Å²) >= 11 is 6.67. The summed E-state index contributed by atoms with van der Waals surface area (Å²) in [5.41, 5.74) is 7.22. The third-order valence-corrected chi connectivity index (χ3v) is 3.46. The topological polar surface area (TPSA) is 68.0 Å². The maximum atomic E-state index is 12.1.